The Morgan fingerprint density at radius 3 is 2.26 bits per heavy atom. The van der Waals surface area contributed by atoms with E-state index in [0.717, 1.165) is 51.4 Å². The minimum atomic E-state index is -0.592. The van der Waals surface area contributed by atoms with E-state index >= 15 is 0 Å². The highest BCUT2D eigenvalue weighted by Gasteiger charge is 2.29. The summed E-state index contributed by atoms with van der Waals surface area (Å²) in [5.41, 5.74) is 0.692. The number of allylic oxidation sites excluding steroid dienone is 2. The average molecular weight is 380 g/mol. The first-order valence-corrected chi connectivity index (χ1v) is 10.5. The average Bonchev–Trinajstić information content (AvgIpc) is 2.67. The van der Waals surface area contributed by atoms with Crippen LogP contribution in [0.2, 0.25) is 0 Å². The standard InChI is InChI=1S/C23H31F3O/c1-2-3-4-17-13-21(25)23(22(26)14-17)27-15-16-5-7-18(8-6-16)19-9-11-20(24)12-10-19/h11,13-14,16,18-19H,2-10,12,15H2,1H3/t16-,18-,19?. The number of hydrogen-bond donors (Lipinski definition) is 0. The number of halogens is 3. The van der Waals surface area contributed by atoms with Crippen LogP contribution in [0.4, 0.5) is 13.2 Å². The van der Waals surface area contributed by atoms with Gasteiger partial charge in [-0.1, -0.05) is 19.4 Å². The summed E-state index contributed by atoms with van der Waals surface area (Å²) in [4.78, 5) is 0. The summed E-state index contributed by atoms with van der Waals surface area (Å²) in [6.07, 6.45) is 11.0. The summed E-state index contributed by atoms with van der Waals surface area (Å²) in [5, 5.41) is 0. The van der Waals surface area contributed by atoms with Crippen LogP contribution in [0.15, 0.2) is 24.0 Å². The Hall–Kier alpha value is -1.45. The molecule has 1 unspecified atom stereocenters. The molecule has 0 aromatic heterocycles. The van der Waals surface area contributed by atoms with Crippen LogP contribution in [0, 0.1) is 29.4 Å². The number of benzene rings is 1. The van der Waals surface area contributed by atoms with Crippen LogP contribution in [0.3, 0.4) is 0 Å². The molecule has 150 valence electrons. The Bertz CT molecular complexity index is 624. The van der Waals surface area contributed by atoms with Gasteiger partial charge in [-0.2, -0.15) is 0 Å². The van der Waals surface area contributed by atoms with E-state index in [1.807, 2.05) is 0 Å². The number of hydrogen-bond acceptors (Lipinski definition) is 1. The fraction of sp³-hybridized carbons (Fsp3) is 0.652. The van der Waals surface area contributed by atoms with E-state index in [2.05, 4.69) is 6.92 Å². The van der Waals surface area contributed by atoms with Crippen LogP contribution in [0.1, 0.15) is 70.3 Å². The minimum Gasteiger partial charge on any atom is -0.487 e. The van der Waals surface area contributed by atoms with Crippen LogP contribution < -0.4 is 4.74 Å². The van der Waals surface area contributed by atoms with Gasteiger partial charge in [0.1, 0.15) is 0 Å². The maximum absolute atomic E-state index is 14.2. The monoisotopic (exact) mass is 380 g/mol. The first-order chi connectivity index (χ1) is 13.1. The molecule has 0 radical (unpaired) electrons. The lowest BCUT2D eigenvalue weighted by Crippen LogP contribution is -2.25. The molecular formula is C23H31F3O. The second kappa shape index (κ2) is 9.66. The van der Waals surface area contributed by atoms with Crippen molar-refractivity contribution in [2.75, 3.05) is 6.61 Å². The maximum atomic E-state index is 14.2. The van der Waals surface area contributed by atoms with Crippen molar-refractivity contribution >= 4 is 0 Å². The number of aryl methyl sites for hydroxylation is 1. The molecule has 0 heterocycles. The first kappa shape index (κ1) is 20.3. The van der Waals surface area contributed by atoms with Gasteiger partial charge in [-0.3, -0.25) is 0 Å². The molecule has 0 N–H and O–H groups in total. The topological polar surface area (TPSA) is 9.23 Å². The second-order valence-electron chi connectivity index (χ2n) is 8.27. The van der Waals surface area contributed by atoms with Crippen LogP contribution in [0.25, 0.3) is 0 Å². The molecule has 1 aromatic carbocycles. The van der Waals surface area contributed by atoms with Crippen LogP contribution in [-0.2, 0) is 6.42 Å². The molecule has 2 aliphatic carbocycles. The largest absolute Gasteiger partial charge is 0.487 e. The highest BCUT2D eigenvalue weighted by atomic mass is 19.1. The Labute approximate surface area is 161 Å². The highest BCUT2D eigenvalue weighted by Crippen LogP contribution is 2.40. The van der Waals surface area contributed by atoms with Gasteiger partial charge in [-0.15, -0.1) is 0 Å². The Morgan fingerprint density at radius 1 is 0.963 bits per heavy atom. The molecule has 2 aliphatic rings. The summed E-state index contributed by atoms with van der Waals surface area (Å²) in [6.45, 7) is 2.43. The molecular weight excluding hydrogens is 349 g/mol. The van der Waals surface area contributed by atoms with E-state index in [1.165, 1.54) is 12.1 Å². The number of ether oxygens (including phenoxy) is 1. The summed E-state index contributed by atoms with van der Waals surface area (Å²) in [6, 6.07) is 2.81. The predicted molar refractivity (Wildman–Crippen MR) is 102 cm³/mol. The van der Waals surface area contributed by atoms with Crippen molar-refractivity contribution in [3.8, 4) is 5.75 Å². The fourth-order valence-corrected chi connectivity index (χ4v) is 4.55. The zero-order valence-corrected chi connectivity index (χ0v) is 16.3. The minimum absolute atomic E-state index is 0.0399. The summed E-state index contributed by atoms with van der Waals surface area (Å²) in [7, 11) is 0. The lowest BCUT2D eigenvalue weighted by molar-refractivity contribution is 0.142. The van der Waals surface area contributed by atoms with Crippen molar-refractivity contribution < 1.29 is 17.9 Å². The Morgan fingerprint density at radius 2 is 1.67 bits per heavy atom. The molecule has 0 saturated heterocycles. The fourth-order valence-electron chi connectivity index (χ4n) is 4.55. The molecule has 0 aliphatic heterocycles. The van der Waals surface area contributed by atoms with Crippen molar-refractivity contribution in [1.29, 1.82) is 0 Å². The zero-order valence-electron chi connectivity index (χ0n) is 16.3. The van der Waals surface area contributed by atoms with E-state index in [-0.39, 0.29) is 11.6 Å². The predicted octanol–water partition coefficient (Wildman–Crippen LogP) is 7.15. The van der Waals surface area contributed by atoms with Gasteiger partial charge in [0.2, 0.25) is 0 Å². The third-order valence-electron chi connectivity index (χ3n) is 6.29. The van der Waals surface area contributed by atoms with E-state index < -0.39 is 11.6 Å². The molecule has 1 nitrogen and oxygen atoms in total. The smallest absolute Gasteiger partial charge is 0.190 e. The third-order valence-corrected chi connectivity index (χ3v) is 6.29. The van der Waals surface area contributed by atoms with E-state index in [1.54, 1.807) is 6.08 Å². The lowest BCUT2D eigenvalue weighted by atomic mass is 9.72. The first-order valence-electron chi connectivity index (χ1n) is 10.5. The van der Waals surface area contributed by atoms with Gasteiger partial charge in [-0.25, -0.2) is 13.2 Å². The van der Waals surface area contributed by atoms with Crippen molar-refractivity contribution in [1.82, 2.24) is 0 Å². The van der Waals surface area contributed by atoms with Crippen molar-refractivity contribution in [2.45, 2.75) is 71.1 Å². The van der Waals surface area contributed by atoms with Gasteiger partial charge in [0.15, 0.2) is 17.4 Å². The molecule has 4 heteroatoms. The molecule has 1 fully saturated rings. The van der Waals surface area contributed by atoms with Crippen LogP contribution in [0.5, 0.6) is 5.75 Å². The van der Waals surface area contributed by atoms with E-state index in [4.69, 9.17) is 4.74 Å². The SMILES string of the molecule is CCCCc1cc(F)c(OC[C@H]2CC[C@H](C3CC=C(F)CC3)CC2)c(F)c1. The summed E-state index contributed by atoms with van der Waals surface area (Å²) < 4.78 is 47.2. The maximum Gasteiger partial charge on any atom is 0.190 e. The molecule has 0 bridgehead atoms. The highest BCUT2D eigenvalue weighted by molar-refractivity contribution is 5.31. The van der Waals surface area contributed by atoms with Gasteiger partial charge in [0.25, 0.3) is 0 Å². The molecule has 3 rings (SSSR count). The lowest BCUT2D eigenvalue weighted by Gasteiger charge is -2.34. The third kappa shape index (κ3) is 5.52. The normalized spacial score (nSPS) is 25.9. The Balaban J connectivity index is 1.47. The van der Waals surface area contributed by atoms with Crippen LogP contribution >= 0.6 is 0 Å². The molecule has 0 amide bonds. The van der Waals surface area contributed by atoms with Crippen molar-refractivity contribution in [3.05, 3.63) is 41.2 Å². The molecule has 0 spiro atoms. The van der Waals surface area contributed by atoms with Gasteiger partial charge < -0.3 is 4.74 Å². The molecule has 1 saturated carbocycles. The number of rotatable bonds is 7. The zero-order chi connectivity index (χ0) is 19.2. The van der Waals surface area contributed by atoms with E-state index in [9.17, 15) is 13.2 Å². The summed E-state index contributed by atoms with van der Waals surface area (Å²) in [5.74, 6) is 0.213. The Kier molecular flexibility index (Phi) is 7.26. The molecule has 27 heavy (non-hydrogen) atoms. The van der Waals surface area contributed by atoms with E-state index in [0.29, 0.717) is 42.8 Å². The van der Waals surface area contributed by atoms with Gasteiger partial charge in [-0.05, 0) is 93.2 Å². The summed E-state index contributed by atoms with van der Waals surface area (Å²) >= 11 is 0. The quantitative estimate of drug-likeness (QED) is 0.488. The van der Waals surface area contributed by atoms with Gasteiger partial charge >= 0.3 is 0 Å². The molecule has 1 aromatic rings. The van der Waals surface area contributed by atoms with Crippen LogP contribution in [-0.4, -0.2) is 6.61 Å². The van der Waals surface area contributed by atoms with Gasteiger partial charge in [0.05, 0.1) is 12.4 Å². The van der Waals surface area contributed by atoms with Crippen molar-refractivity contribution in [3.63, 3.8) is 0 Å². The number of unbranched alkanes of at least 4 members (excludes halogenated alkanes) is 1. The van der Waals surface area contributed by atoms with Crippen molar-refractivity contribution in [2.24, 2.45) is 17.8 Å². The second-order valence-corrected chi connectivity index (χ2v) is 8.27. The van der Waals surface area contributed by atoms with Gasteiger partial charge in [0, 0.05) is 0 Å². The molecule has 1 atom stereocenters.